The van der Waals surface area contributed by atoms with E-state index in [1.54, 1.807) is 25.1 Å². The molecule has 114 valence electrons. The Bertz CT molecular complexity index is 545. The number of amides is 1. The summed E-state index contributed by atoms with van der Waals surface area (Å²) < 4.78 is 5.08. The molecule has 1 saturated heterocycles. The number of piperidine rings is 1. The molecule has 21 heavy (non-hydrogen) atoms. The second-order valence-corrected chi connectivity index (χ2v) is 5.15. The van der Waals surface area contributed by atoms with Crippen LogP contribution in [0.4, 0.5) is 11.4 Å². The third kappa shape index (κ3) is 3.26. The molecule has 1 atom stereocenters. The maximum Gasteiger partial charge on any atom is 0.340 e. The fourth-order valence-corrected chi connectivity index (χ4v) is 2.70. The lowest BCUT2D eigenvalue weighted by molar-refractivity contribution is -0.122. The van der Waals surface area contributed by atoms with Crippen molar-refractivity contribution >= 4 is 23.3 Å². The van der Waals surface area contributed by atoms with Crippen molar-refractivity contribution in [3.05, 3.63) is 23.8 Å². The van der Waals surface area contributed by atoms with E-state index in [4.69, 9.17) is 16.2 Å². The lowest BCUT2D eigenvalue weighted by Crippen LogP contribution is -2.42. The number of anilines is 2. The molecule has 1 heterocycles. The summed E-state index contributed by atoms with van der Waals surface area (Å²) in [4.78, 5) is 25.4. The van der Waals surface area contributed by atoms with Crippen LogP contribution in [-0.2, 0) is 9.53 Å². The number of esters is 1. The van der Waals surface area contributed by atoms with Gasteiger partial charge in [0.15, 0.2) is 0 Å². The quantitative estimate of drug-likeness (QED) is 0.640. The Kier molecular flexibility index (Phi) is 4.67. The van der Waals surface area contributed by atoms with E-state index in [1.807, 2.05) is 4.90 Å². The molecule has 0 bridgehead atoms. The van der Waals surface area contributed by atoms with Crippen LogP contribution in [0.3, 0.4) is 0 Å². The Morgan fingerprint density at radius 2 is 2.19 bits per heavy atom. The highest BCUT2D eigenvalue weighted by Gasteiger charge is 2.28. The lowest BCUT2D eigenvalue weighted by atomic mass is 9.96. The largest absolute Gasteiger partial charge is 0.462 e. The summed E-state index contributed by atoms with van der Waals surface area (Å²) in [5.41, 5.74) is 13.0. The summed E-state index contributed by atoms with van der Waals surface area (Å²) in [6, 6.07) is 5.16. The van der Waals surface area contributed by atoms with Crippen molar-refractivity contribution in [1.29, 1.82) is 0 Å². The normalized spacial score (nSPS) is 18.3. The molecule has 0 saturated carbocycles. The number of carbonyl (C=O) groups excluding carboxylic acids is 2. The van der Waals surface area contributed by atoms with E-state index < -0.39 is 5.97 Å². The molecule has 6 nitrogen and oxygen atoms in total. The van der Waals surface area contributed by atoms with Crippen molar-refractivity contribution in [1.82, 2.24) is 0 Å². The highest BCUT2D eigenvalue weighted by molar-refractivity contribution is 5.99. The molecule has 4 N–H and O–H groups in total. The maximum absolute atomic E-state index is 12.1. The zero-order chi connectivity index (χ0) is 15.4. The van der Waals surface area contributed by atoms with Crippen molar-refractivity contribution < 1.29 is 14.3 Å². The molecule has 1 aliphatic heterocycles. The summed E-state index contributed by atoms with van der Waals surface area (Å²) in [7, 11) is 0. The molecule has 0 aliphatic carbocycles. The number of nitrogens with two attached hydrogens (primary N) is 2. The van der Waals surface area contributed by atoms with Crippen LogP contribution in [0.5, 0.6) is 0 Å². The summed E-state index contributed by atoms with van der Waals surface area (Å²) >= 11 is 0. The molecular weight excluding hydrogens is 270 g/mol. The molecule has 1 amide bonds. The van der Waals surface area contributed by atoms with Gasteiger partial charge in [0.1, 0.15) is 0 Å². The first-order valence-corrected chi connectivity index (χ1v) is 7.14. The van der Waals surface area contributed by atoms with Crippen LogP contribution in [0, 0.1) is 5.92 Å². The van der Waals surface area contributed by atoms with Gasteiger partial charge in [0.25, 0.3) is 0 Å². The Balaban J connectivity index is 2.33. The van der Waals surface area contributed by atoms with Crippen LogP contribution in [0.15, 0.2) is 18.2 Å². The molecule has 0 spiro atoms. The Labute approximate surface area is 124 Å². The molecule has 6 heteroatoms. The van der Waals surface area contributed by atoms with Crippen molar-refractivity contribution in [2.24, 2.45) is 11.7 Å². The maximum atomic E-state index is 12.1. The number of nitrogen functional groups attached to an aromatic ring is 1. The molecule has 0 aromatic heterocycles. The summed E-state index contributed by atoms with van der Waals surface area (Å²) in [5.74, 6) is -0.929. The number of benzene rings is 1. The average molecular weight is 291 g/mol. The molecule has 1 unspecified atom stereocenters. The van der Waals surface area contributed by atoms with E-state index in [-0.39, 0.29) is 11.8 Å². The second-order valence-electron chi connectivity index (χ2n) is 5.15. The minimum Gasteiger partial charge on any atom is -0.462 e. The Morgan fingerprint density at radius 1 is 1.43 bits per heavy atom. The first kappa shape index (κ1) is 15.2. The second kappa shape index (κ2) is 6.47. The fourth-order valence-electron chi connectivity index (χ4n) is 2.70. The first-order valence-electron chi connectivity index (χ1n) is 7.14. The van der Waals surface area contributed by atoms with Gasteiger partial charge in [-0.25, -0.2) is 4.79 Å². The molecular formula is C15H21N3O3. The highest BCUT2D eigenvalue weighted by atomic mass is 16.5. The van der Waals surface area contributed by atoms with Crippen molar-refractivity contribution in [3.8, 4) is 0 Å². The van der Waals surface area contributed by atoms with Gasteiger partial charge in [0.05, 0.1) is 29.5 Å². The third-order valence-corrected chi connectivity index (χ3v) is 3.70. The first-order chi connectivity index (χ1) is 10.0. The predicted molar refractivity (Wildman–Crippen MR) is 80.9 cm³/mol. The Morgan fingerprint density at radius 3 is 2.86 bits per heavy atom. The summed E-state index contributed by atoms with van der Waals surface area (Å²) in [6.07, 6.45) is 1.61. The van der Waals surface area contributed by atoms with Gasteiger partial charge >= 0.3 is 5.97 Å². The number of para-hydroxylation sites is 1. The number of rotatable bonds is 4. The third-order valence-electron chi connectivity index (χ3n) is 3.70. The molecule has 1 aromatic rings. The fraction of sp³-hybridized carbons (Fsp3) is 0.467. The summed E-state index contributed by atoms with van der Waals surface area (Å²) in [5, 5.41) is 0. The molecule has 1 aromatic carbocycles. The van der Waals surface area contributed by atoms with Crippen LogP contribution in [-0.4, -0.2) is 31.6 Å². The molecule has 2 rings (SSSR count). The number of carbonyl (C=O) groups is 2. The molecule has 1 fully saturated rings. The van der Waals surface area contributed by atoms with Crippen LogP contribution in [0.2, 0.25) is 0 Å². The Hall–Kier alpha value is -2.24. The van der Waals surface area contributed by atoms with Crippen LogP contribution in [0.1, 0.15) is 30.1 Å². The van der Waals surface area contributed by atoms with E-state index in [2.05, 4.69) is 0 Å². The van der Waals surface area contributed by atoms with Crippen molar-refractivity contribution in [2.75, 3.05) is 30.3 Å². The molecule has 1 aliphatic rings. The van der Waals surface area contributed by atoms with Gasteiger partial charge in [-0.05, 0) is 31.9 Å². The zero-order valence-electron chi connectivity index (χ0n) is 12.2. The van der Waals surface area contributed by atoms with Crippen molar-refractivity contribution in [2.45, 2.75) is 19.8 Å². The summed E-state index contributed by atoms with van der Waals surface area (Å²) in [6.45, 7) is 3.28. The zero-order valence-corrected chi connectivity index (χ0v) is 12.2. The van der Waals surface area contributed by atoms with E-state index in [0.717, 1.165) is 19.4 Å². The van der Waals surface area contributed by atoms with Gasteiger partial charge < -0.3 is 21.1 Å². The smallest absolute Gasteiger partial charge is 0.340 e. The average Bonchev–Trinajstić information content (AvgIpc) is 2.47. The lowest BCUT2D eigenvalue weighted by Gasteiger charge is -2.34. The van der Waals surface area contributed by atoms with Crippen LogP contribution in [0.25, 0.3) is 0 Å². The number of primary amides is 1. The minimum absolute atomic E-state index is 0.214. The number of hydrogen-bond acceptors (Lipinski definition) is 5. The van der Waals surface area contributed by atoms with Gasteiger partial charge in [-0.2, -0.15) is 0 Å². The number of hydrogen-bond donors (Lipinski definition) is 2. The van der Waals surface area contributed by atoms with Gasteiger partial charge in [0, 0.05) is 13.1 Å². The monoisotopic (exact) mass is 291 g/mol. The standard InChI is InChI=1S/C15H21N3O3/c1-2-21-15(20)11-6-3-7-12(16)13(11)18-8-4-5-10(9-18)14(17)19/h3,6-7,10H,2,4-5,8-9,16H2,1H3,(H2,17,19). The highest BCUT2D eigenvalue weighted by Crippen LogP contribution is 2.32. The van der Waals surface area contributed by atoms with Gasteiger partial charge in [-0.15, -0.1) is 0 Å². The van der Waals surface area contributed by atoms with Crippen molar-refractivity contribution in [3.63, 3.8) is 0 Å². The number of ether oxygens (including phenoxy) is 1. The van der Waals surface area contributed by atoms with E-state index >= 15 is 0 Å². The van der Waals surface area contributed by atoms with Crippen LogP contribution >= 0.6 is 0 Å². The van der Waals surface area contributed by atoms with E-state index in [9.17, 15) is 9.59 Å². The predicted octanol–water partition coefficient (Wildman–Crippen LogP) is 1.15. The van der Waals surface area contributed by atoms with Crippen LogP contribution < -0.4 is 16.4 Å². The SMILES string of the molecule is CCOC(=O)c1cccc(N)c1N1CCCC(C(N)=O)C1. The topological polar surface area (TPSA) is 98.7 Å². The van der Waals surface area contributed by atoms with Gasteiger partial charge in [0.2, 0.25) is 5.91 Å². The number of nitrogens with zero attached hydrogens (tertiary/aromatic N) is 1. The van der Waals surface area contributed by atoms with E-state index in [0.29, 0.717) is 30.1 Å². The minimum atomic E-state index is -0.402. The van der Waals surface area contributed by atoms with Gasteiger partial charge in [-0.3, -0.25) is 4.79 Å². The van der Waals surface area contributed by atoms with E-state index in [1.165, 1.54) is 0 Å². The molecule has 0 radical (unpaired) electrons. The van der Waals surface area contributed by atoms with Gasteiger partial charge in [-0.1, -0.05) is 6.07 Å².